The standard InChI is InChI=1S/C20H21ClN8/c21-17-2-1-13(14-3-4-23-9-14)6-16(17)11-29-10-12(8-24-29)5-15-7-18(22)25-20-19(15)26-28-27-20/h1-2,6-8,10,14,23H,3-5,9,11H2,(H3,22,25,26,27,28)/t14-/m1/s1. The fraction of sp³-hybridized carbons (Fsp3) is 0.300. The third-order valence-electron chi connectivity index (χ3n) is 5.41. The van der Waals surface area contributed by atoms with Gasteiger partial charge in [-0.2, -0.15) is 5.10 Å². The predicted octanol–water partition coefficient (Wildman–Crippen LogP) is 2.50. The Morgan fingerprint density at radius 2 is 2.17 bits per heavy atom. The maximum absolute atomic E-state index is 6.46. The van der Waals surface area contributed by atoms with Gasteiger partial charge in [-0.15, -0.1) is 5.10 Å². The number of hydrogen-bond acceptors (Lipinski definition) is 6. The number of nitrogens with two attached hydrogens (primary N) is 1. The van der Waals surface area contributed by atoms with Gasteiger partial charge in [0, 0.05) is 24.2 Å². The maximum Gasteiger partial charge on any atom is 0.178 e. The lowest BCUT2D eigenvalue weighted by molar-refractivity contribution is 0.683. The molecule has 1 aliphatic rings. The van der Waals surface area contributed by atoms with Crippen molar-refractivity contribution in [3.8, 4) is 0 Å². The molecule has 0 amide bonds. The summed E-state index contributed by atoms with van der Waals surface area (Å²) in [5.74, 6) is 0.997. The number of H-pyrrole nitrogens is 1. The van der Waals surface area contributed by atoms with Crippen LogP contribution < -0.4 is 11.1 Å². The highest BCUT2D eigenvalue weighted by Crippen LogP contribution is 2.27. The molecular weight excluding hydrogens is 388 g/mol. The van der Waals surface area contributed by atoms with E-state index in [1.54, 1.807) is 0 Å². The normalized spacial score (nSPS) is 16.7. The minimum Gasteiger partial charge on any atom is -0.384 e. The molecule has 4 aromatic rings. The lowest BCUT2D eigenvalue weighted by Crippen LogP contribution is -2.08. The molecule has 8 nitrogen and oxygen atoms in total. The molecule has 3 aromatic heterocycles. The topological polar surface area (TPSA) is 110 Å². The van der Waals surface area contributed by atoms with Crippen LogP contribution in [0.2, 0.25) is 5.02 Å². The highest BCUT2D eigenvalue weighted by atomic mass is 35.5. The molecule has 0 saturated carbocycles. The summed E-state index contributed by atoms with van der Waals surface area (Å²) >= 11 is 6.46. The van der Waals surface area contributed by atoms with Crippen LogP contribution in [0.4, 0.5) is 5.82 Å². The largest absolute Gasteiger partial charge is 0.384 e. The monoisotopic (exact) mass is 408 g/mol. The molecular formula is C20H21ClN8. The van der Waals surface area contributed by atoms with Crippen molar-refractivity contribution in [3.63, 3.8) is 0 Å². The number of anilines is 1. The van der Waals surface area contributed by atoms with Gasteiger partial charge < -0.3 is 11.1 Å². The number of aromatic amines is 1. The molecule has 0 unspecified atom stereocenters. The fourth-order valence-electron chi connectivity index (χ4n) is 3.95. The average molecular weight is 409 g/mol. The number of nitrogen functional groups attached to an aromatic ring is 1. The molecule has 0 spiro atoms. The van der Waals surface area contributed by atoms with Crippen molar-refractivity contribution < 1.29 is 0 Å². The lowest BCUT2D eigenvalue weighted by Gasteiger charge is -2.12. The average Bonchev–Trinajstić information content (AvgIpc) is 3.45. The van der Waals surface area contributed by atoms with Crippen LogP contribution in [0.15, 0.2) is 36.7 Å². The summed E-state index contributed by atoms with van der Waals surface area (Å²) < 4.78 is 1.91. The lowest BCUT2D eigenvalue weighted by atomic mass is 9.96. The zero-order valence-electron chi connectivity index (χ0n) is 15.8. The molecule has 1 aromatic carbocycles. The van der Waals surface area contributed by atoms with Gasteiger partial charge in [-0.3, -0.25) is 4.68 Å². The number of nitrogens with one attached hydrogen (secondary N) is 2. The van der Waals surface area contributed by atoms with E-state index in [1.165, 1.54) is 12.0 Å². The molecule has 1 atom stereocenters. The molecule has 148 valence electrons. The third kappa shape index (κ3) is 3.68. The Morgan fingerprint density at radius 1 is 1.24 bits per heavy atom. The number of rotatable bonds is 5. The smallest absolute Gasteiger partial charge is 0.178 e. The van der Waals surface area contributed by atoms with Gasteiger partial charge in [-0.1, -0.05) is 28.9 Å². The Morgan fingerprint density at radius 3 is 3.03 bits per heavy atom. The Labute approximate surface area is 172 Å². The zero-order chi connectivity index (χ0) is 19.8. The molecule has 0 radical (unpaired) electrons. The van der Waals surface area contributed by atoms with E-state index < -0.39 is 0 Å². The van der Waals surface area contributed by atoms with E-state index in [1.807, 2.05) is 29.2 Å². The number of pyridine rings is 1. The van der Waals surface area contributed by atoms with Gasteiger partial charge in [0.05, 0.1) is 12.7 Å². The zero-order valence-corrected chi connectivity index (χ0v) is 16.5. The molecule has 0 aliphatic carbocycles. The minimum absolute atomic E-state index is 0.441. The SMILES string of the molecule is Nc1cc(Cc2cnn(Cc3cc([C@@H]4CCNC4)ccc3Cl)c2)c2nn[nH]c2n1. The summed E-state index contributed by atoms with van der Waals surface area (Å²) in [6, 6.07) is 8.17. The van der Waals surface area contributed by atoms with Crippen molar-refractivity contribution in [2.75, 3.05) is 18.8 Å². The Balaban J connectivity index is 1.36. The van der Waals surface area contributed by atoms with E-state index >= 15 is 0 Å². The van der Waals surface area contributed by atoms with Gasteiger partial charge in [0.25, 0.3) is 0 Å². The van der Waals surface area contributed by atoms with Crippen LogP contribution in [-0.2, 0) is 13.0 Å². The number of nitrogens with zero attached hydrogens (tertiary/aromatic N) is 5. The molecule has 5 rings (SSSR count). The number of aromatic nitrogens is 6. The third-order valence-corrected chi connectivity index (χ3v) is 5.78. The highest BCUT2D eigenvalue weighted by Gasteiger charge is 2.18. The van der Waals surface area contributed by atoms with Crippen LogP contribution in [0, 0.1) is 0 Å². The van der Waals surface area contributed by atoms with Crippen molar-refractivity contribution in [1.82, 2.24) is 35.5 Å². The molecule has 1 aliphatic heterocycles. The molecule has 1 saturated heterocycles. The molecule has 1 fully saturated rings. The van der Waals surface area contributed by atoms with Crippen molar-refractivity contribution in [3.05, 3.63) is 63.9 Å². The van der Waals surface area contributed by atoms with Gasteiger partial charge in [-0.25, -0.2) is 10.1 Å². The van der Waals surface area contributed by atoms with E-state index in [-0.39, 0.29) is 0 Å². The second kappa shape index (κ2) is 7.46. The summed E-state index contributed by atoms with van der Waals surface area (Å²) in [5, 5.41) is 19.4. The van der Waals surface area contributed by atoms with Crippen LogP contribution in [0.25, 0.3) is 11.2 Å². The van der Waals surface area contributed by atoms with E-state index in [2.05, 4.69) is 42.9 Å². The van der Waals surface area contributed by atoms with Crippen LogP contribution in [0.5, 0.6) is 0 Å². The van der Waals surface area contributed by atoms with E-state index in [4.69, 9.17) is 17.3 Å². The van der Waals surface area contributed by atoms with E-state index in [0.29, 0.717) is 30.3 Å². The number of fused-ring (bicyclic) bond motifs is 1. The Hall–Kier alpha value is -2.97. The van der Waals surface area contributed by atoms with Crippen LogP contribution in [0.1, 0.15) is 34.6 Å². The fourth-order valence-corrected chi connectivity index (χ4v) is 4.12. The van der Waals surface area contributed by atoms with Gasteiger partial charge in [-0.05, 0) is 53.3 Å². The van der Waals surface area contributed by atoms with Crippen LogP contribution in [-0.4, -0.2) is 43.3 Å². The summed E-state index contributed by atoms with van der Waals surface area (Å²) in [7, 11) is 0. The van der Waals surface area contributed by atoms with Crippen molar-refractivity contribution in [2.45, 2.75) is 25.3 Å². The maximum atomic E-state index is 6.46. The van der Waals surface area contributed by atoms with E-state index in [9.17, 15) is 0 Å². The quantitative estimate of drug-likeness (QED) is 0.468. The first kappa shape index (κ1) is 18.1. The van der Waals surface area contributed by atoms with E-state index in [0.717, 1.165) is 40.3 Å². The van der Waals surface area contributed by atoms with Crippen molar-refractivity contribution in [2.24, 2.45) is 0 Å². The van der Waals surface area contributed by atoms with Crippen LogP contribution in [0.3, 0.4) is 0 Å². The number of halogens is 1. The summed E-state index contributed by atoms with van der Waals surface area (Å²) in [4.78, 5) is 4.21. The second-order valence-electron chi connectivity index (χ2n) is 7.48. The summed E-state index contributed by atoms with van der Waals surface area (Å²) in [6.45, 7) is 2.73. The Bertz CT molecular complexity index is 1160. The molecule has 4 heterocycles. The summed E-state index contributed by atoms with van der Waals surface area (Å²) in [6.07, 6.45) is 5.71. The van der Waals surface area contributed by atoms with Crippen LogP contribution >= 0.6 is 11.6 Å². The molecule has 9 heteroatoms. The van der Waals surface area contributed by atoms with Gasteiger partial charge in [0.2, 0.25) is 0 Å². The van der Waals surface area contributed by atoms with Crippen molar-refractivity contribution in [1.29, 1.82) is 0 Å². The molecule has 0 bridgehead atoms. The first-order chi connectivity index (χ1) is 14.2. The summed E-state index contributed by atoms with van der Waals surface area (Å²) in [5.41, 5.74) is 11.7. The van der Waals surface area contributed by atoms with Crippen molar-refractivity contribution >= 4 is 28.6 Å². The predicted molar refractivity (Wildman–Crippen MR) is 112 cm³/mol. The second-order valence-corrected chi connectivity index (χ2v) is 7.89. The molecule has 4 N–H and O–H groups in total. The highest BCUT2D eigenvalue weighted by molar-refractivity contribution is 6.31. The van der Waals surface area contributed by atoms with Gasteiger partial charge in [0.1, 0.15) is 11.3 Å². The Kier molecular flexibility index (Phi) is 4.65. The van der Waals surface area contributed by atoms with Gasteiger partial charge >= 0.3 is 0 Å². The minimum atomic E-state index is 0.441. The number of hydrogen-bond donors (Lipinski definition) is 3. The first-order valence-electron chi connectivity index (χ1n) is 9.62. The first-order valence-corrected chi connectivity index (χ1v) is 10.00. The molecule has 29 heavy (non-hydrogen) atoms. The number of benzene rings is 1. The van der Waals surface area contributed by atoms with Gasteiger partial charge in [0.15, 0.2) is 5.65 Å².